The Balaban J connectivity index is 1.63. The van der Waals surface area contributed by atoms with Gasteiger partial charge in [-0.15, -0.1) is 0 Å². The van der Waals surface area contributed by atoms with E-state index in [1.54, 1.807) is 0 Å². The molecule has 36 heavy (non-hydrogen) atoms. The van der Waals surface area contributed by atoms with Gasteiger partial charge in [0.25, 0.3) is 11.8 Å². The third kappa shape index (κ3) is 5.30. The summed E-state index contributed by atoms with van der Waals surface area (Å²) in [5.41, 5.74) is 0.918. The molecule has 0 bridgehead atoms. The number of Topliss-reactive ketones (excluding diaryl/α,β-unsaturated/α-hetero) is 1. The quantitative estimate of drug-likeness (QED) is 0.418. The lowest BCUT2D eigenvalue weighted by Gasteiger charge is -2.42. The van der Waals surface area contributed by atoms with Crippen LogP contribution in [-0.4, -0.2) is 85.6 Å². The van der Waals surface area contributed by atoms with Crippen molar-refractivity contribution in [2.24, 2.45) is 5.92 Å². The highest BCUT2D eigenvalue weighted by Crippen LogP contribution is 2.36. The van der Waals surface area contributed by atoms with Crippen molar-refractivity contribution in [3.05, 3.63) is 45.9 Å². The minimum atomic E-state index is -3.45. The van der Waals surface area contributed by atoms with Gasteiger partial charge in [0.05, 0.1) is 11.3 Å². The van der Waals surface area contributed by atoms with Crippen LogP contribution in [0.25, 0.3) is 0 Å². The molecular weight excluding hydrogens is 515 g/mol. The number of hydrogen-bond acceptors (Lipinski definition) is 6. The maximum atomic E-state index is 13.6. The highest BCUT2D eigenvalue weighted by atomic mass is 35.5. The van der Waals surface area contributed by atoms with Crippen molar-refractivity contribution in [2.45, 2.75) is 25.8 Å². The molecule has 4 rings (SSSR count). The van der Waals surface area contributed by atoms with Gasteiger partial charge in [-0.1, -0.05) is 17.7 Å². The first-order valence-electron chi connectivity index (χ1n) is 11.5. The van der Waals surface area contributed by atoms with Gasteiger partial charge in [-0.05, 0) is 42.5 Å². The number of rotatable bonds is 6. The third-order valence-electron chi connectivity index (χ3n) is 6.50. The Labute approximate surface area is 213 Å². The van der Waals surface area contributed by atoms with Crippen LogP contribution < -0.4 is 4.72 Å². The van der Waals surface area contributed by atoms with E-state index in [1.807, 2.05) is 0 Å². The van der Waals surface area contributed by atoms with Crippen molar-refractivity contribution < 1.29 is 32.0 Å². The number of nitrogens with one attached hydrogen (secondary N) is 1. The predicted molar refractivity (Wildman–Crippen MR) is 127 cm³/mol. The molecule has 0 spiro atoms. The summed E-state index contributed by atoms with van der Waals surface area (Å²) >= 11 is 5.85. The van der Waals surface area contributed by atoms with Crippen LogP contribution in [0.5, 0.6) is 0 Å². The van der Waals surface area contributed by atoms with Gasteiger partial charge in [0.15, 0.2) is 0 Å². The normalized spacial score (nSPS) is 21.4. The van der Waals surface area contributed by atoms with Crippen LogP contribution >= 0.6 is 11.6 Å². The van der Waals surface area contributed by atoms with E-state index in [-0.39, 0.29) is 49.9 Å². The number of nitrogens with zero attached hydrogens (tertiary/aromatic N) is 3. The first-order valence-corrected chi connectivity index (χ1v) is 13.8. The number of halogens is 2. The van der Waals surface area contributed by atoms with E-state index in [4.69, 9.17) is 11.6 Å². The monoisotopic (exact) mass is 540 g/mol. The zero-order chi connectivity index (χ0) is 26.2. The number of benzene rings is 1. The molecule has 0 aliphatic carbocycles. The number of likely N-dealkylation sites (tertiary alicyclic amines) is 1. The Hall–Kier alpha value is -2.83. The summed E-state index contributed by atoms with van der Waals surface area (Å²) in [5.74, 6) is -4.86. The number of piperidine rings is 1. The molecule has 13 heteroatoms. The fourth-order valence-electron chi connectivity index (χ4n) is 4.78. The summed E-state index contributed by atoms with van der Waals surface area (Å²) in [4.78, 5) is 57.0. The molecule has 10 nitrogen and oxygen atoms in total. The largest absolute Gasteiger partial charge is 0.337 e. The minimum absolute atomic E-state index is 0.00354. The second-order valence-corrected chi connectivity index (χ2v) is 11.3. The van der Waals surface area contributed by atoms with Gasteiger partial charge in [0.2, 0.25) is 21.7 Å². The molecule has 3 heterocycles. The van der Waals surface area contributed by atoms with E-state index in [0.717, 1.165) is 6.26 Å². The summed E-state index contributed by atoms with van der Waals surface area (Å²) in [6, 6.07) is 4.07. The van der Waals surface area contributed by atoms with Gasteiger partial charge >= 0.3 is 0 Å². The number of carbonyl (C=O) groups excluding carboxylic acids is 4. The number of amides is 3. The molecule has 1 N–H and O–H groups in total. The van der Waals surface area contributed by atoms with Crippen molar-refractivity contribution in [1.29, 1.82) is 0 Å². The Morgan fingerprint density at radius 3 is 2.47 bits per heavy atom. The first kappa shape index (κ1) is 26.2. The maximum absolute atomic E-state index is 13.6. The molecule has 0 saturated carbocycles. The van der Waals surface area contributed by atoms with Gasteiger partial charge in [-0.2, -0.15) is 0 Å². The van der Waals surface area contributed by atoms with Gasteiger partial charge < -0.3 is 14.7 Å². The van der Waals surface area contributed by atoms with Crippen molar-refractivity contribution >= 4 is 45.1 Å². The number of fused-ring (bicyclic) bond motifs is 2. The number of hydrogen-bond donors (Lipinski definition) is 1. The van der Waals surface area contributed by atoms with Gasteiger partial charge in [-0.25, -0.2) is 17.5 Å². The molecule has 0 radical (unpaired) electrons. The summed E-state index contributed by atoms with van der Waals surface area (Å²) in [6.45, 7) is 0.878. The topological polar surface area (TPSA) is 124 Å². The fourth-order valence-corrected chi connectivity index (χ4v) is 5.45. The highest BCUT2D eigenvalue weighted by Gasteiger charge is 2.50. The number of sulfonamides is 1. The fraction of sp³-hybridized carbons (Fsp3) is 0.478. The molecule has 0 aromatic heterocycles. The average Bonchev–Trinajstić information content (AvgIpc) is 2.80. The van der Waals surface area contributed by atoms with Gasteiger partial charge in [0, 0.05) is 39.3 Å². The molecule has 3 aliphatic rings. The molecule has 194 valence electrons. The zero-order valence-corrected chi connectivity index (χ0v) is 21.2. The molecule has 1 aromatic carbocycles. The average molecular weight is 541 g/mol. The van der Waals surface area contributed by atoms with E-state index in [0.29, 0.717) is 30.5 Å². The van der Waals surface area contributed by atoms with Crippen molar-refractivity contribution in [2.75, 3.05) is 39.0 Å². The molecule has 3 aliphatic heterocycles. The first-order chi connectivity index (χ1) is 17.0. The molecule has 1 atom stereocenters. The SMILES string of the molecule is CS(=O)(=O)NCCN1CCCCN2C(=O)C(=O)C3C(=O)N(Cc4ccc(F)c(Cl)c4)CCC3=C2C1=O. The second kappa shape index (κ2) is 10.3. The lowest BCUT2D eigenvalue weighted by atomic mass is 9.81. The van der Waals surface area contributed by atoms with E-state index in [1.165, 1.54) is 32.9 Å². The van der Waals surface area contributed by atoms with E-state index in [2.05, 4.69) is 4.72 Å². The highest BCUT2D eigenvalue weighted by molar-refractivity contribution is 7.88. The lowest BCUT2D eigenvalue weighted by molar-refractivity contribution is -0.154. The Kier molecular flexibility index (Phi) is 7.48. The standard InChI is InChI=1S/C23H26ClFN4O6S/c1-36(34,35)26-7-11-27-8-2-3-9-29-19(22(27)32)15-6-10-28(21(31)18(15)20(30)23(29)33)13-14-4-5-17(25)16(24)12-14/h4-5,12,18,26H,2-3,6-11,13H2,1H3. The third-order valence-corrected chi connectivity index (χ3v) is 7.52. The van der Waals surface area contributed by atoms with Crippen molar-refractivity contribution in [3.8, 4) is 0 Å². The molecule has 3 amide bonds. The minimum Gasteiger partial charge on any atom is -0.337 e. The smallest absolute Gasteiger partial charge is 0.295 e. The number of ketones is 1. The van der Waals surface area contributed by atoms with Crippen LogP contribution in [0.15, 0.2) is 29.5 Å². The maximum Gasteiger partial charge on any atom is 0.295 e. The zero-order valence-electron chi connectivity index (χ0n) is 19.6. The van der Waals surface area contributed by atoms with Crippen molar-refractivity contribution in [3.63, 3.8) is 0 Å². The summed E-state index contributed by atoms with van der Waals surface area (Å²) in [6.07, 6.45) is 2.33. The van der Waals surface area contributed by atoms with E-state index < -0.39 is 45.3 Å². The van der Waals surface area contributed by atoms with E-state index >= 15 is 0 Å². The molecule has 1 aromatic rings. The molecule has 2 saturated heterocycles. The van der Waals surface area contributed by atoms with E-state index in [9.17, 15) is 32.0 Å². The molecule has 2 fully saturated rings. The van der Waals surface area contributed by atoms with Crippen LogP contribution in [0, 0.1) is 11.7 Å². The summed E-state index contributed by atoms with van der Waals surface area (Å²) in [7, 11) is -3.45. The van der Waals surface area contributed by atoms with Crippen LogP contribution in [0.4, 0.5) is 4.39 Å². The van der Waals surface area contributed by atoms with Gasteiger partial charge in [0.1, 0.15) is 17.4 Å². The lowest BCUT2D eigenvalue weighted by Crippen LogP contribution is -2.57. The molecular formula is C23H26ClFN4O6S. The van der Waals surface area contributed by atoms with Crippen molar-refractivity contribution in [1.82, 2.24) is 19.4 Å². The Morgan fingerprint density at radius 2 is 1.78 bits per heavy atom. The predicted octanol–water partition coefficient (Wildman–Crippen LogP) is 0.665. The Morgan fingerprint density at radius 1 is 1.06 bits per heavy atom. The van der Waals surface area contributed by atoms with Crippen LogP contribution in [-0.2, 0) is 35.7 Å². The Bertz CT molecular complexity index is 1270. The number of carbonyl (C=O) groups is 4. The second-order valence-electron chi connectivity index (χ2n) is 9.05. The van der Waals surface area contributed by atoms with Crippen LogP contribution in [0.1, 0.15) is 24.8 Å². The summed E-state index contributed by atoms with van der Waals surface area (Å²) < 4.78 is 38.7. The van der Waals surface area contributed by atoms with Crippen LogP contribution in [0.3, 0.4) is 0 Å². The van der Waals surface area contributed by atoms with Gasteiger partial charge in [-0.3, -0.25) is 19.2 Å². The van der Waals surface area contributed by atoms with Crippen LogP contribution in [0.2, 0.25) is 5.02 Å². The summed E-state index contributed by atoms with van der Waals surface area (Å²) in [5, 5.41) is -0.0927. The molecule has 1 unspecified atom stereocenters.